The zero-order chi connectivity index (χ0) is 14.4. The number of sulfonamides is 1. The molecule has 0 unspecified atom stereocenters. The number of hydrogen-bond acceptors (Lipinski definition) is 4. The van der Waals surface area contributed by atoms with E-state index in [1.807, 2.05) is 24.4 Å². The highest BCUT2D eigenvalue weighted by molar-refractivity contribution is 7.92. The predicted molar refractivity (Wildman–Crippen MR) is 77.1 cm³/mol. The zero-order valence-corrected chi connectivity index (χ0v) is 12.0. The molecule has 0 aliphatic heterocycles. The van der Waals surface area contributed by atoms with Gasteiger partial charge in [0.1, 0.15) is 0 Å². The van der Waals surface area contributed by atoms with Crippen molar-refractivity contribution < 1.29 is 13.2 Å². The number of ether oxygens (including phenoxy) is 1. The first kappa shape index (κ1) is 14.5. The van der Waals surface area contributed by atoms with Gasteiger partial charge < -0.3 is 4.74 Å². The largest absolute Gasteiger partial charge is 0.384 e. The number of nitrogens with one attached hydrogen (secondary N) is 1. The molecule has 0 saturated heterocycles. The first-order chi connectivity index (χ1) is 9.59. The molecule has 1 aromatic heterocycles. The summed E-state index contributed by atoms with van der Waals surface area (Å²) in [6.07, 6.45) is 3.60. The molecule has 0 aliphatic rings. The van der Waals surface area contributed by atoms with Gasteiger partial charge in [0, 0.05) is 25.2 Å². The maximum atomic E-state index is 11.7. The van der Waals surface area contributed by atoms with Gasteiger partial charge in [0.2, 0.25) is 10.0 Å². The Morgan fingerprint density at radius 3 is 2.65 bits per heavy atom. The standard InChI is InChI=1S/C13H17N3O3S/c1-19-9-10-20(17,18)15-13-5-3-12(4-6-13)11-16-8-2-7-14-16/h2-8,15H,9-11H2,1H3. The van der Waals surface area contributed by atoms with Crippen molar-refractivity contribution in [3.05, 3.63) is 48.3 Å². The summed E-state index contributed by atoms with van der Waals surface area (Å²) in [6.45, 7) is 0.830. The molecule has 0 amide bonds. The molecule has 2 aromatic rings. The van der Waals surface area contributed by atoms with Crippen LogP contribution >= 0.6 is 0 Å². The second-order valence-electron chi connectivity index (χ2n) is 4.31. The van der Waals surface area contributed by atoms with Crippen molar-refractivity contribution in [2.45, 2.75) is 6.54 Å². The molecular weight excluding hydrogens is 278 g/mol. The van der Waals surface area contributed by atoms with E-state index in [0.29, 0.717) is 12.2 Å². The van der Waals surface area contributed by atoms with E-state index in [-0.39, 0.29) is 12.4 Å². The number of benzene rings is 1. The van der Waals surface area contributed by atoms with Gasteiger partial charge in [-0.05, 0) is 23.8 Å². The lowest BCUT2D eigenvalue weighted by atomic mass is 10.2. The lowest BCUT2D eigenvalue weighted by molar-refractivity contribution is 0.217. The van der Waals surface area contributed by atoms with Crippen molar-refractivity contribution in [2.75, 3.05) is 24.2 Å². The Morgan fingerprint density at radius 2 is 2.05 bits per heavy atom. The van der Waals surface area contributed by atoms with Crippen LogP contribution in [-0.4, -0.2) is 37.7 Å². The molecule has 7 heteroatoms. The van der Waals surface area contributed by atoms with Crippen molar-refractivity contribution in [2.24, 2.45) is 0 Å². The second kappa shape index (κ2) is 6.53. The maximum Gasteiger partial charge on any atom is 0.234 e. The summed E-state index contributed by atoms with van der Waals surface area (Å²) in [7, 11) is -1.88. The fourth-order valence-corrected chi connectivity index (χ4v) is 2.67. The van der Waals surface area contributed by atoms with E-state index < -0.39 is 10.0 Å². The fourth-order valence-electron chi connectivity index (χ4n) is 1.68. The van der Waals surface area contributed by atoms with Crippen LogP contribution < -0.4 is 4.72 Å². The third-order valence-corrected chi connectivity index (χ3v) is 3.94. The normalized spacial score (nSPS) is 11.4. The smallest absolute Gasteiger partial charge is 0.234 e. The quantitative estimate of drug-likeness (QED) is 0.836. The predicted octanol–water partition coefficient (Wildman–Crippen LogP) is 1.32. The Hall–Kier alpha value is -1.86. The Morgan fingerprint density at radius 1 is 1.30 bits per heavy atom. The van der Waals surface area contributed by atoms with Crippen LogP contribution in [0.1, 0.15) is 5.56 Å². The van der Waals surface area contributed by atoms with Gasteiger partial charge in [-0.25, -0.2) is 8.42 Å². The van der Waals surface area contributed by atoms with E-state index >= 15 is 0 Å². The number of aromatic nitrogens is 2. The van der Waals surface area contributed by atoms with E-state index in [1.54, 1.807) is 23.0 Å². The number of hydrogen-bond donors (Lipinski definition) is 1. The highest BCUT2D eigenvalue weighted by Crippen LogP contribution is 2.12. The van der Waals surface area contributed by atoms with Crippen LogP contribution in [0.2, 0.25) is 0 Å². The van der Waals surface area contributed by atoms with Gasteiger partial charge in [0.25, 0.3) is 0 Å². The molecule has 108 valence electrons. The zero-order valence-electron chi connectivity index (χ0n) is 11.2. The van der Waals surface area contributed by atoms with Crippen LogP contribution in [0.5, 0.6) is 0 Å². The number of rotatable bonds is 7. The van der Waals surface area contributed by atoms with Crippen molar-refractivity contribution in [3.8, 4) is 0 Å². The van der Waals surface area contributed by atoms with E-state index in [1.165, 1.54) is 7.11 Å². The Kier molecular flexibility index (Phi) is 4.75. The Bertz CT molecular complexity index is 621. The molecule has 0 fully saturated rings. The first-order valence-corrected chi connectivity index (χ1v) is 7.80. The highest BCUT2D eigenvalue weighted by Gasteiger charge is 2.09. The lowest BCUT2D eigenvalue weighted by Crippen LogP contribution is -2.19. The molecule has 0 spiro atoms. The van der Waals surface area contributed by atoms with Crippen LogP contribution in [0.4, 0.5) is 5.69 Å². The molecule has 0 atom stereocenters. The van der Waals surface area contributed by atoms with Gasteiger partial charge in [0.15, 0.2) is 0 Å². The Labute approximate surface area is 118 Å². The number of anilines is 1. The minimum absolute atomic E-state index is 0.0570. The van der Waals surface area contributed by atoms with Gasteiger partial charge in [-0.2, -0.15) is 5.10 Å². The first-order valence-electron chi connectivity index (χ1n) is 6.15. The minimum Gasteiger partial charge on any atom is -0.384 e. The van der Waals surface area contributed by atoms with E-state index in [4.69, 9.17) is 4.74 Å². The average molecular weight is 295 g/mol. The lowest BCUT2D eigenvalue weighted by Gasteiger charge is -2.08. The topological polar surface area (TPSA) is 73.2 Å². The Balaban J connectivity index is 1.98. The van der Waals surface area contributed by atoms with Crippen LogP contribution in [0, 0.1) is 0 Å². The molecule has 0 bridgehead atoms. The third-order valence-electron chi connectivity index (χ3n) is 2.69. The van der Waals surface area contributed by atoms with Crippen molar-refractivity contribution in [1.82, 2.24) is 9.78 Å². The maximum absolute atomic E-state index is 11.7. The fraction of sp³-hybridized carbons (Fsp3) is 0.308. The molecule has 6 nitrogen and oxygen atoms in total. The molecule has 0 saturated carbocycles. The third kappa shape index (κ3) is 4.36. The SMILES string of the molecule is COCCS(=O)(=O)Nc1ccc(Cn2cccn2)cc1. The molecule has 1 heterocycles. The van der Waals surface area contributed by atoms with Gasteiger partial charge in [-0.3, -0.25) is 9.40 Å². The second-order valence-corrected chi connectivity index (χ2v) is 6.16. The van der Waals surface area contributed by atoms with Gasteiger partial charge in [0.05, 0.1) is 18.9 Å². The molecule has 20 heavy (non-hydrogen) atoms. The van der Waals surface area contributed by atoms with E-state index in [9.17, 15) is 8.42 Å². The summed E-state index contributed by atoms with van der Waals surface area (Å²) in [5.41, 5.74) is 1.60. The monoisotopic (exact) mass is 295 g/mol. The van der Waals surface area contributed by atoms with Gasteiger partial charge >= 0.3 is 0 Å². The average Bonchev–Trinajstić information content (AvgIpc) is 2.91. The van der Waals surface area contributed by atoms with Crippen molar-refractivity contribution in [3.63, 3.8) is 0 Å². The molecule has 0 aliphatic carbocycles. The van der Waals surface area contributed by atoms with Crippen LogP contribution in [0.25, 0.3) is 0 Å². The van der Waals surface area contributed by atoms with Crippen molar-refractivity contribution >= 4 is 15.7 Å². The number of methoxy groups -OCH3 is 1. The van der Waals surface area contributed by atoms with Gasteiger partial charge in [-0.1, -0.05) is 12.1 Å². The summed E-state index contributed by atoms with van der Waals surface area (Å²) in [4.78, 5) is 0. The number of nitrogens with zero attached hydrogens (tertiary/aromatic N) is 2. The van der Waals surface area contributed by atoms with Gasteiger partial charge in [-0.15, -0.1) is 0 Å². The molecular formula is C13H17N3O3S. The summed E-state index contributed by atoms with van der Waals surface area (Å²) < 4.78 is 32.5. The minimum atomic E-state index is -3.35. The van der Waals surface area contributed by atoms with Crippen LogP contribution in [0.15, 0.2) is 42.7 Å². The summed E-state index contributed by atoms with van der Waals surface area (Å²) >= 11 is 0. The van der Waals surface area contributed by atoms with Crippen LogP contribution in [0.3, 0.4) is 0 Å². The molecule has 2 rings (SSSR count). The summed E-state index contributed by atoms with van der Waals surface area (Å²) in [6, 6.07) is 9.08. The van der Waals surface area contributed by atoms with Crippen LogP contribution in [-0.2, 0) is 21.3 Å². The molecule has 1 aromatic carbocycles. The van der Waals surface area contributed by atoms with E-state index in [2.05, 4.69) is 9.82 Å². The summed E-state index contributed by atoms with van der Waals surface area (Å²) in [5.74, 6) is -0.0570. The molecule has 0 radical (unpaired) electrons. The summed E-state index contributed by atoms with van der Waals surface area (Å²) in [5, 5.41) is 4.12. The van der Waals surface area contributed by atoms with E-state index in [0.717, 1.165) is 5.56 Å². The highest BCUT2D eigenvalue weighted by atomic mass is 32.2. The van der Waals surface area contributed by atoms with Crippen molar-refractivity contribution in [1.29, 1.82) is 0 Å². The molecule has 1 N–H and O–H groups in total.